The summed E-state index contributed by atoms with van der Waals surface area (Å²) in [7, 11) is 1.49. The number of methoxy groups -OCH3 is 1. The van der Waals surface area contributed by atoms with E-state index in [0.29, 0.717) is 0 Å². The lowest BCUT2D eigenvalue weighted by molar-refractivity contribution is -0.131. The number of amides is 1. The van der Waals surface area contributed by atoms with Gasteiger partial charge in [0.1, 0.15) is 6.10 Å². The van der Waals surface area contributed by atoms with E-state index < -0.39 is 6.10 Å². The summed E-state index contributed by atoms with van der Waals surface area (Å²) in [5, 5.41) is 2.94. The Morgan fingerprint density at radius 1 is 1.41 bits per heavy atom. The Morgan fingerprint density at radius 3 is 2.53 bits per heavy atom. The Morgan fingerprint density at radius 2 is 2.06 bits per heavy atom. The van der Waals surface area contributed by atoms with Gasteiger partial charge in [0.2, 0.25) is 0 Å². The molecule has 0 saturated carbocycles. The fraction of sp³-hybridized carbons (Fsp3) is 0.462. The minimum atomic E-state index is -0.576. The second kappa shape index (κ2) is 7.04. The van der Waals surface area contributed by atoms with Crippen LogP contribution in [0.15, 0.2) is 30.3 Å². The van der Waals surface area contributed by atoms with Gasteiger partial charge in [0.25, 0.3) is 5.91 Å². The minimum absolute atomic E-state index is 0.00731. The molecule has 0 aliphatic rings. The average Bonchev–Trinajstić information content (AvgIpc) is 2.38. The Kier molecular flexibility index (Phi) is 5.66. The Hall–Kier alpha value is -1.39. The molecule has 0 aliphatic heterocycles. The van der Waals surface area contributed by atoms with E-state index in [1.54, 1.807) is 0 Å². The van der Waals surface area contributed by atoms with Gasteiger partial charge in [-0.25, -0.2) is 0 Å². The highest BCUT2D eigenvalue weighted by molar-refractivity contribution is 5.81. The van der Waals surface area contributed by atoms with Gasteiger partial charge in [-0.15, -0.1) is 0 Å². The zero-order valence-electron chi connectivity index (χ0n) is 10.3. The zero-order chi connectivity index (χ0) is 12.7. The van der Waals surface area contributed by atoms with E-state index in [2.05, 4.69) is 5.32 Å². The van der Waals surface area contributed by atoms with Crippen LogP contribution in [0.4, 0.5) is 0 Å². The van der Waals surface area contributed by atoms with Crippen LogP contribution in [-0.2, 0) is 9.53 Å². The van der Waals surface area contributed by atoms with Crippen molar-refractivity contribution in [1.82, 2.24) is 5.32 Å². The number of hydrogen-bond acceptors (Lipinski definition) is 3. The van der Waals surface area contributed by atoms with Crippen LogP contribution in [0.2, 0.25) is 0 Å². The summed E-state index contributed by atoms with van der Waals surface area (Å²) in [5.74, 6) is -0.161. The van der Waals surface area contributed by atoms with Crippen molar-refractivity contribution >= 4 is 5.91 Å². The monoisotopic (exact) mass is 236 g/mol. The Labute approximate surface area is 102 Å². The van der Waals surface area contributed by atoms with Crippen LogP contribution in [0.1, 0.15) is 24.9 Å². The maximum atomic E-state index is 11.8. The molecule has 2 unspecified atom stereocenters. The van der Waals surface area contributed by atoms with Crippen molar-refractivity contribution in [1.29, 1.82) is 0 Å². The SMILES string of the molecule is CCC(NC(=O)C(CN)OC)c1ccccc1. The van der Waals surface area contributed by atoms with Crippen LogP contribution in [-0.4, -0.2) is 25.7 Å². The lowest BCUT2D eigenvalue weighted by atomic mass is 10.0. The highest BCUT2D eigenvalue weighted by Gasteiger charge is 2.19. The normalized spacial score (nSPS) is 14.1. The van der Waals surface area contributed by atoms with Gasteiger partial charge in [-0.3, -0.25) is 4.79 Å². The molecular formula is C13H20N2O2. The predicted molar refractivity (Wildman–Crippen MR) is 67.5 cm³/mol. The molecule has 94 valence electrons. The molecule has 4 heteroatoms. The highest BCUT2D eigenvalue weighted by Crippen LogP contribution is 2.15. The van der Waals surface area contributed by atoms with Crippen molar-refractivity contribution in [3.8, 4) is 0 Å². The molecule has 1 aromatic rings. The molecule has 0 radical (unpaired) electrons. The van der Waals surface area contributed by atoms with Gasteiger partial charge in [-0.1, -0.05) is 37.3 Å². The molecule has 4 nitrogen and oxygen atoms in total. The largest absolute Gasteiger partial charge is 0.370 e. The summed E-state index contributed by atoms with van der Waals surface area (Å²) in [6, 6.07) is 9.88. The first-order valence-corrected chi connectivity index (χ1v) is 5.81. The maximum absolute atomic E-state index is 11.8. The second-order valence-corrected chi connectivity index (χ2v) is 3.84. The third kappa shape index (κ3) is 3.84. The molecule has 1 aromatic carbocycles. The summed E-state index contributed by atoms with van der Waals surface area (Å²) >= 11 is 0. The fourth-order valence-corrected chi connectivity index (χ4v) is 1.68. The third-order valence-electron chi connectivity index (χ3n) is 2.72. The van der Waals surface area contributed by atoms with E-state index in [0.717, 1.165) is 12.0 Å². The molecule has 0 aliphatic carbocycles. The van der Waals surface area contributed by atoms with Crippen molar-refractivity contribution in [2.45, 2.75) is 25.5 Å². The lowest BCUT2D eigenvalue weighted by Crippen LogP contribution is -2.42. The van der Waals surface area contributed by atoms with Gasteiger partial charge in [-0.2, -0.15) is 0 Å². The van der Waals surface area contributed by atoms with Gasteiger partial charge < -0.3 is 15.8 Å². The summed E-state index contributed by atoms with van der Waals surface area (Å²) < 4.78 is 5.01. The van der Waals surface area contributed by atoms with Crippen LogP contribution in [0.25, 0.3) is 0 Å². The van der Waals surface area contributed by atoms with Gasteiger partial charge in [0, 0.05) is 13.7 Å². The number of benzene rings is 1. The number of nitrogens with one attached hydrogen (secondary N) is 1. The predicted octanol–water partition coefficient (Wildman–Crippen LogP) is 1.23. The van der Waals surface area contributed by atoms with Crippen molar-refractivity contribution in [2.24, 2.45) is 5.73 Å². The van der Waals surface area contributed by atoms with E-state index in [4.69, 9.17) is 10.5 Å². The quantitative estimate of drug-likeness (QED) is 0.780. The molecule has 0 heterocycles. The highest BCUT2D eigenvalue weighted by atomic mass is 16.5. The summed E-state index contributed by atoms with van der Waals surface area (Å²) in [4.78, 5) is 11.8. The number of carbonyl (C=O) groups is 1. The topological polar surface area (TPSA) is 64.4 Å². The molecule has 1 amide bonds. The number of nitrogens with two attached hydrogens (primary N) is 1. The van der Waals surface area contributed by atoms with Crippen molar-refractivity contribution in [3.63, 3.8) is 0 Å². The first-order valence-electron chi connectivity index (χ1n) is 5.81. The fourth-order valence-electron chi connectivity index (χ4n) is 1.68. The lowest BCUT2D eigenvalue weighted by Gasteiger charge is -2.20. The van der Waals surface area contributed by atoms with E-state index in [-0.39, 0.29) is 18.5 Å². The molecule has 0 bridgehead atoms. The van der Waals surface area contributed by atoms with Crippen molar-refractivity contribution in [2.75, 3.05) is 13.7 Å². The zero-order valence-corrected chi connectivity index (χ0v) is 10.3. The van der Waals surface area contributed by atoms with E-state index in [1.165, 1.54) is 7.11 Å². The number of carbonyl (C=O) groups excluding carboxylic acids is 1. The average molecular weight is 236 g/mol. The Balaban J connectivity index is 2.68. The molecule has 1 rings (SSSR count). The first-order chi connectivity index (χ1) is 8.22. The van der Waals surface area contributed by atoms with E-state index in [9.17, 15) is 4.79 Å². The molecule has 0 spiro atoms. The van der Waals surface area contributed by atoms with E-state index in [1.807, 2.05) is 37.3 Å². The van der Waals surface area contributed by atoms with Gasteiger partial charge in [0.05, 0.1) is 6.04 Å². The smallest absolute Gasteiger partial charge is 0.250 e. The number of ether oxygens (including phenoxy) is 1. The van der Waals surface area contributed by atoms with E-state index >= 15 is 0 Å². The molecule has 17 heavy (non-hydrogen) atoms. The molecule has 2 atom stereocenters. The minimum Gasteiger partial charge on any atom is -0.370 e. The van der Waals surface area contributed by atoms with Crippen LogP contribution >= 0.6 is 0 Å². The van der Waals surface area contributed by atoms with Crippen LogP contribution in [0.3, 0.4) is 0 Å². The van der Waals surface area contributed by atoms with Gasteiger partial charge >= 0.3 is 0 Å². The third-order valence-corrected chi connectivity index (χ3v) is 2.72. The molecule has 0 saturated heterocycles. The maximum Gasteiger partial charge on any atom is 0.250 e. The summed E-state index contributed by atoms with van der Waals surface area (Å²) in [6.45, 7) is 2.22. The van der Waals surface area contributed by atoms with Crippen LogP contribution in [0, 0.1) is 0 Å². The second-order valence-electron chi connectivity index (χ2n) is 3.84. The molecule has 3 N–H and O–H groups in total. The molecular weight excluding hydrogens is 216 g/mol. The molecule has 0 fully saturated rings. The molecule has 0 aromatic heterocycles. The van der Waals surface area contributed by atoms with Gasteiger partial charge in [0.15, 0.2) is 0 Å². The Bertz CT molecular complexity index is 337. The van der Waals surface area contributed by atoms with Crippen LogP contribution < -0.4 is 11.1 Å². The first kappa shape index (κ1) is 13.7. The van der Waals surface area contributed by atoms with Crippen molar-refractivity contribution < 1.29 is 9.53 Å². The van der Waals surface area contributed by atoms with Gasteiger partial charge in [-0.05, 0) is 12.0 Å². The van der Waals surface area contributed by atoms with Crippen molar-refractivity contribution in [3.05, 3.63) is 35.9 Å². The summed E-state index contributed by atoms with van der Waals surface area (Å²) in [5.41, 5.74) is 6.55. The number of rotatable bonds is 6. The standard InChI is InChI=1S/C13H20N2O2/c1-3-11(10-7-5-4-6-8-10)15-13(16)12(9-14)17-2/h4-8,11-12H,3,9,14H2,1-2H3,(H,15,16). The van der Waals surface area contributed by atoms with Crippen LogP contribution in [0.5, 0.6) is 0 Å². The summed E-state index contributed by atoms with van der Waals surface area (Å²) in [6.07, 6.45) is 0.254. The number of hydrogen-bond donors (Lipinski definition) is 2.